The van der Waals surface area contributed by atoms with Crippen molar-refractivity contribution in [2.75, 3.05) is 52.7 Å². The Morgan fingerprint density at radius 1 is 1.00 bits per heavy atom. The Balaban J connectivity index is 0.00000264. The second kappa shape index (κ2) is 11.5. The van der Waals surface area contributed by atoms with Crippen molar-refractivity contribution in [1.82, 2.24) is 4.90 Å². The van der Waals surface area contributed by atoms with Gasteiger partial charge in [-0.2, -0.15) is 0 Å². The lowest BCUT2D eigenvalue weighted by atomic mass is 10.3. The third kappa shape index (κ3) is 8.42. The largest absolute Gasteiger partial charge is 0.491 e. The monoisotopic (exact) mass is 345 g/mol. The molecule has 0 aromatic heterocycles. The van der Waals surface area contributed by atoms with Crippen molar-refractivity contribution in [3.63, 3.8) is 0 Å². The summed E-state index contributed by atoms with van der Waals surface area (Å²) in [6.45, 7) is 10.6. The van der Waals surface area contributed by atoms with Crippen LogP contribution in [0.25, 0.3) is 0 Å². The van der Waals surface area contributed by atoms with E-state index in [0.29, 0.717) is 13.2 Å². The van der Waals surface area contributed by atoms with Crippen molar-refractivity contribution in [3.05, 3.63) is 24.3 Å². The summed E-state index contributed by atoms with van der Waals surface area (Å²) in [7, 11) is 0. The minimum Gasteiger partial charge on any atom is -0.491 e. The van der Waals surface area contributed by atoms with Crippen LogP contribution in [0.2, 0.25) is 0 Å². The van der Waals surface area contributed by atoms with Gasteiger partial charge in [0.25, 0.3) is 0 Å². The van der Waals surface area contributed by atoms with Crippen LogP contribution in [0, 0.1) is 0 Å². The molecule has 6 heteroatoms. The van der Waals surface area contributed by atoms with Gasteiger partial charge in [0.05, 0.1) is 32.5 Å². The number of benzene rings is 1. The van der Waals surface area contributed by atoms with Gasteiger partial charge < -0.3 is 18.9 Å². The van der Waals surface area contributed by atoms with Crippen LogP contribution < -0.4 is 9.47 Å². The predicted molar refractivity (Wildman–Crippen MR) is 93.0 cm³/mol. The molecular formula is C17H28ClNO4. The SMILES string of the molecule is CC(C)Oc1ccc(OCCOCCN2CCOCC2)cc1.Cl. The molecule has 1 aromatic carbocycles. The van der Waals surface area contributed by atoms with Crippen LogP contribution in [0.5, 0.6) is 11.5 Å². The summed E-state index contributed by atoms with van der Waals surface area (Å²) >= 11 is 0. The summed E-state index contributed by atoms with van der Waals surface area (Å²) in [6, 6.07) is 7.69. The van der Waals surface area contributed by atoms with Gasteiger partial charge >= 0.3 is 0 Å². The first-order valence-corrected chi connectivity index (χ1v) is 8.01. The summed E-state index contributed by atoms with van der Waals surface area (Å²) in [5, 5.41) is 0. The van der Waals surface area contributed by atoms with Gasteiger partial charge in [-0.05, 0) is 38.1 Å². The summed E-state index contributed by atoms with van der Waals surface area (Å²) in [5.41, 5.74) is 0. The van der Waals surface area contributed by atoms with Crippen molar-refractivity contribution in [1.29, 1.82) is 0 Å². The molecule has 0 bridgehead atoms. The molecular weight excluding hydrogens is 318 g/mol. The van der Waals surface area contributed by atoms with Gasteiger partial charge in [-0.15, -0.1) is 12.4 Å². The van der Waals surface area contributed by atoms with Gasteiger partial charge in [0.2, 0.25) is 0 Å². The molecule has 0 unspecified atom stereocenters. The van der Waals surface area contributed by atoms with E-state index < -0.39 is 0 Å². The molecule has 132 valence electrons. The van der Waals surface area contributed by atoms with E-state index in [9.17, 15) is 0 Å². The zero-order valence-electron chi connectivity index (χ0n) is 14.0. The molecule has 2 rings (SSSR count). The number of halogens is 1. The lowest BCUT2D eigenvalue weighted by molar-refractivity contribution is 0.0170. The van der Waals surface area contributed by atoms with Crippen molar-refractivity contribution in [3.8, 4) is 11.5 Å². The van der Waals surface area contributed by atoms with E-state index in [-0.39, 0.29) is 18.5 Å². The molecule has 1 saturated heterocycles. The molecule has 0 N–H and O–H groups in total. The summed E-state index contributed by atoms with van der Waals surface area (Å²) in [5.74, 6) is 1.71. The molecule has 5 nitrogen and oxygen atoms in total. The fourth-order valence-corrected chi connectivity index (χ4v) is 2.23. The van der Waals surface area contributed by atoms with E-state index in [1.807, 2.05) is 38.1 Å². The maximum atomic E-state index is 5.64. The van der Waals surface area contributed by atoms with Gasteiger partial charge in [0.1, 0.15) is 18.1 Å². The highest BCUT2D eigenvalue weighted by molar-refractivity contribution is 5.85. The lowest BCUT2D eigenvalue weighted by Crippen LogP contribution is -2.38. The Bertz CT molecular complexity index is 408. The molecule has 0 amide bonds. The van der Waals surface area contributed by atoms with E-state index in [4.69, 9.17) is 18.9 Å². The van der Waals surface area contributed by atoms with Crippen LogP contribution >= 0.6 is 12.4 Å². The van der Waals surface area contributed by atoms with Crippen molar-refractivity contribution in [2.45, 2.75) is 20.0 Å². The number of nitrogens with zero attached hydrogens (tertiary/aromatic N) is 1. The fraction of sp³-hybridized carbons (Fsp3) is 0.647. The van der Waals surface area contributed by atoms with Gasteiger partial charge in [-0.3, -0.25) is 4.90 Å². The molecule has 1 aromatic rings. The van der Waals surface area contributed by atoms with Crippen LogP contribution in [-0.2, 0) is 9.47 Å². The fourth-order valence-electron chi connectivity index (χ4n) is 2.23. The third-order valence-corrected chi connectivity index (χ3v) is 3.35. The maximum absolute atomic E-state index is 5.64. The minimum atomic E-state index is 0. The standard InChI is InChI=1S/C17H27NO4.ClH/c1-15(2)22-17-5-3-16(4-6-17)21-14-13-20-12-9-18-7-10-19-11-8-18;/h3-6,15H,7-14H2,1-2H3;1H. The smallest absolute Gasteiger partial charge is 0.119 e. The van der Waals surface area contributed by atoms with Crippen LogP contribution in [0.15, 0.2) is 24.3 Å². The zero-order chi connectivity index (χ0) is 15.6. The summed E-state index contributed by atoms with van der Waals surface area (Å²) in [4.78, 5) is 2.36. The van der Waals surface area contributed by atoms with Gasteiger partial charge in [-0.1, -0.05) is 0 Å². The topological polar surface area (TPSA) is 40.2 Å². The molecule has 1 aliphatic rings. The Kier molecular flexibility index (Phi) is 10.0. The predicted octanol–water partition coefficient (Wildman–Crippen LogP) is 2.62. The van der Waals surface area contributed by atoms with Crippen LogP contribution in [0.3, 0.4) is 0 Å². The average molecular weight is 346 g/mol. The van der Waals surface area contributed by atoms with E-state index in [1.54, 1.807) is 0 Å². The molecule has 0 spiro atoms. The van der Waals surface area contributed by atoms with Gasteiger partial charge in [-0.25, -0.2) is 0 Å². The number of ether oxygens (including phenoxy) is 4. The number of rotatable bonds is 9. The molecule has 1 aliphatic heterocycles. The zero-order valence-corrected chi connectivity index (χ0v) is 14.8. The molecule has 0 saturated carbocycles. The summed E-state index contributed by atoms with van der Waals surface area (Å²) in [6.07, 6.45) is 0.187. The highest BCUT2D eigenvalue weighted by Crippen LogP contribution is 2.18. The molecule has 0 aliphatic carbocycles. The number of hydrogen-bond acceptors (Lipinski definition) is 5. The first-order chi connectivity index (χ1) is 10.7. The van der Waals surface area contributed by atoms with Crippen LogP contribution in [0.4, 0.5) is 0 Å². The van der Waals surface area contributed by atoms with Crippen LogP contribution in [-0.4, -0.2) is 63.7 Å². The molecule has 0 atom stereocenters. The summed E-state index contributed by atoms with van der Waals surface area (Å²) < 4.78 is 22.1. The molecule has 0 radical (unpaired) electrons. The average Bonchev–Trinajstić information content (AvgIpc) is 2.53. The molecule has 23 heavy (non-hydrogen) atoms. The first kappa shape index (κ1) is 20.0. The highest BCUT2D eigenvalue weighted by Gasteiger charge is 2.09. The van der Waals surface area contributed by atoms with Crippen LogP contribution in [0.1, 0.15) is 13.8 Å². The maximum Gasteiger partial charge on any atom is 0.119 e. The quantitative estimate of drug-likeness (QED) is 0.643. The Hall–Kier alpha value is -1.01. The molecule has 1 fully saturated rings. The van der Waals surface area contributed by atoms with Gasteiger partial charge in [0.15, 0.2) is 0 Å². The normalized spacial score (nSPS) is 15.3. The molecule has 1 heterocycles. The highest BCUT2D eigenvalue weighted by atomic mass is 35.5. The van der Waals surface area contributed by atoms with Crippen molar-refractivity contribution < 1.29 is 18.9 Å². The van der Waals surface area contributed by atoms with Crippen molar-refractivity contribution >= 4 is 12.4 Å². The van der Waals surface area contributed by atoms with E-state index in [2.05, 4.69) is 4.90 Å². The second-order valence-corrected chi connectivity index (χ2v) is 5.55. The number of morpholine rings is 1. The Morgan fingerprint density at radius 2 is 1.65 bits per heavy atom. The number of hydrogen-bond donors (Lipinski definition) is 0. The Morgan fingerprint density at radius 3 is 2.30 bits per heavy atom. The van der Waals surface area contributed by atoms with E-state index in [1.165, 1.54) is 0 Å². The first-order valence-electron chi connectivity index (χ1n) is 8.01. The van der Waals surface area contributed by atoms with E-state index in [0.717, 1.165) is 51.0 Å². The van der Waals surface area contributed by atoms with Crippen molar-refractivity contribution in [2.24, 2.45) is 0 Å². The Labute approximate surface area is 145 Å². The second-order valence-electron chi connectivity index (χ2n) is 5.55. The lowest BCUT2D eigenvalue weighted by Gasteiger charge is -2.26. The van der Waals surface area contributed by atoms with Gasteiger partial charge in [0, 0.05) is 19.6 Å². The third-order valence-electron chi connectivity index (χ3n) is 3.35. The van der Waals surface area contributed by atoms with E-state index >= 15 is 0 Å². The minimum absolute atomic E-state index is 0.